The lowest BCUT2D eigenvalue weighted by molar-refractivity contribution is -0.139. The summed E-state index contributed by atoms with van der Waals surface area (Å²) in [5.74, 6) is -1.10. The Kier molecular flexibility index (Phi) is 2.47. The van der Waals surface area contributed by atoms with E-state index >= 15 is 0 Å². The van der Waals surface area contributed by atoms with Crippen molar-refractivity contribution in [3.63, 3.8) is 0 Å². The van der Waals surface area contributed by atoms with Gasteiger partial charge in [0.05, 0.1) is 5.92 Å². The molecule has 0 saturated heterocycles. The van der Waals surface area contributed by atoms with Gasteiger partial charge in [-0.05, 0) is 43.0 Å². The Balaban J connectivity index is 2.25. The van der Waals surface area contributed by atoms with E-state index < -0.39 is 5.97 Å². The zero-order valence-electron chi connectivity index (χ0n) is 9.16. The second-order valence-electron chi connectivity index (χ2n) is 4.49. The number of aromatic amines is 1. The molecule has 2 aromatic rings. The summed E-state index contributed by atoms with van der Waals surface area (Å²) in [6, 6.07) is 6.03. The van der Waals surface area contributed by atoms with Crippen molar-refractivity contribution in [3.05, 3.63) is 33.9 Å². The molecule has 1 heterocycles. The van der Waals surface area contributed by atoms with Crippen molar-refractivity contribution >= 4 is 32.8 Å². The second kappa shape index (κ2) is 3.88. The predicted octanol–water partition coefficient (Wildman–Crippen LogP) is 3.43. The summed E-state index contributed by atoms with van der Waals surface area (Å²) in [5.41, 5.74) is 3.11. The van der Waals surface area contributed by atoms with Gasteiger partial charge in [-0.3, -0.25) is 4.79 Å². The highest BCUT2D eigenvalue weighted by atomic mass is 79.9. The Hall–Kier alpha value is -1.29. The minimum atomic E-state index is -0.725. The fourth-order valence-corrected chi connectivity index (χ4v) is 3.04. The van der Waals surface area contributed by atoms with Crippen molar-refractivity contribution in [2.45, 2.75) is 25.2 Å². The average Bonchev–Trinajstić information content (AvgIpc) is 2.66. The number of carboxylic acids is 1. The highest BCUT2D eigenvalue weighted by molar-refractivity contribution is 9.10. The fraction of sp³-hybridized carbons (Fsp3) is 0.308. The van der Waals surface area contributed by atoms with E-state index in [2.05, 4.69) is 27.0 Å². The number of aromatic nitrogens is 1. The molecule has 17 heavy (non-hydrogen) atoms. The van der Waals surface area contributed by atoms with E-state index in [1.54, 1.807) is 0 Å². The van der Waals surface area contributed by atoms with Crippen LogP contribution in [0.4, 0.5) is 0 Å². The number of carboxylic acid groups (broad SMARTS) is 1. The van der Waals surface area contributed by atoms with Gasteiger partial charge in [0, 0.05) is 21.1 Å². The number of nitrogens with one attached hydrogen (secondary N) is 1. The maximum absolute atomic E-state index is 11.2. The van der Waals surface area contributed by atoms with E-state index in [1.807, 2.05) is 12.1 Å². The third-order valence-corrected chi connectivity index (χ3v) is 3.96. The van der Waals surface area contributed by atoms with Gasteiger partial charge in [0.25, 0.3) is 0 Å². The molecule has 2 N–H and O–H groups in total. The number of hydrogen-bond acceptors (Lipinski definition) is 1. The van der Waals surface area contributed by atoms with Crippen molar-refractivity contribution in [1.29, 1.82) is 0 Å². The highest BCUT2D eigenvalue weighted by Gasteiger charge is 2.29. The first-order valence-electron chi connectivity index (χ1n) is 5.69. The SMILES string of the molecule is O=C(O)[C@H]1CCCc2c1[nH]c1ccc(Br)cc21. The number of hydrogen-bond donors (Lipinski definition) is 2. The van der Waals surface area contributed by atoms with Crippen LogP contribution >= 0.6 is 15.9 Å². The van der Waals surface area contributed by atoms with Crippen LogP contribution in [-0.4, -0.2) is 16.1 Å². The lowest BCUT2D eigenvalue weighted by Crippen LogP contribution is -2.17. The van der Waals surface area contributed by atoms with Crippen LogP contribution in [0.2, 0.25) is 0 Å². The smallest absolute Gasteiger partial charge is 0.312 e. The molecule has 1 aromatic heterocycles. The van der Waals surface area contributed by atoms with Crippen LogP contribution in [0.3, 0.4) is 0 Å². The molecule has 88 valence electrons. The maximum atomic E-state index is 11.2. The minimum Gasteiger partial charge on any atom is -0.481 e. The Morgan fingerprint density at radius 3 is 3.06 bits per heavy atom. The highest BCUT2D eigenvalue weighted by Crippen LogP contribution is 2.36. The van der Waals surface area contributed by atoms with E-state index in [0.717, 1.165) is 40.3 Å². The molecule has 0 bridgehead atoms. The number of aliphatic carboxylic acids is 1. The molecule has 4 heteroatoms. The molecular weight excluding hydrogens is 282 g/mol. The fourth-order valence-electron chi connectivity index (χ4n) is 2.68. The van der Waals surface area contributed by atoms with Crippen LogP contribution in [0.15, 0.2) is 22.7 Å². The standard InChI is InChI=1S/C13H12BrNO2/c14-7-4-5-11-10(6-7)8-2-1-3-9(13(16)17)12(8)15-11/h4-6,9,15H,1-3H2,(H,16,17)/t9-/m0/s1. The first kappa shape index (κ1) is 10.8. The van der Waals surface area contributed by atoms with E-state index in [0.29, 0.717) is 0 Å². The van der Waals surface area contributed by atoms with E-state index in [1.165, 1.54) is 5.56 Å². The number of aryl methyl sites for hydroxylation is 1. The van der Waals surface area contributed by atoms with Crippen LogP contribution in [0.1, 0.15) is 30.0 Å². The van der Waals surface area contributed by atoms with Crippen molar-refractivity contribution in [2.75, 3.05) is 0 Å². The van der Waals surface area contributed by atoms with E-state index in [-0.39, 0.29) is 5.92 Å². The quantitative estimate of drug-likeness (QED) is 0.846. The molecule has 0 amide bonds. The lowest BCUT2D eigenvalue weighted by Gasteiger charge is -2.18. The van der Waals surface area contributed by atoms with Gasteiger partial charge in [-0.15, -0.1) is 0 Å². The number of carbonyl (C=O) groups is 1. The van der Waals surface area contributed by atoms with Crippen LogP contribution < -0.4 is 0 Å². The minimum absolute atomic E-state index is 0.370. The largest absolute Gasteiger partial charge is 0.481 e. The number of benzene rings is 1. The molecule has 1 aliphatic rings. The van der Waals surface area contributed by atoms with Crippen molar-refractivity contribution in [3.8, 4) is 0 Å². The summed E-state index contributed by atoms with van der Waals surface area (Å²) in [6.07, 6.45) is 2.65. The summed E-state index contributed by atoms with van der Waals surface area (Å²) in [4.78, 5) is 14.5. The van der Waals surface area contributed by atoms with Crippen molar-refractivity contribution in [1.82, 2.24) is 4.98 Å². The number of H-pyrrole nitrogens is 1. The molecule has 0 fully saturated rings. The number of halogens is 1. The number of fused-ring (bicyclic) bond motifs is 3. The van der Waals surface area contributed by atoms with Gasteiger partial charge in [-0.2, -0.15) is 0 Å². The summed E-state index contributed by atoms with van der Waals surface area (Å²) < 4.78 is 1.03. The van der Waals surface area contributed by atoms with Gasteiger partial charge in [-0.25, -0.2) is 0 Å². The Morgan fingerprint density at radius 1 is 1.47 bits per heavy atom. The third-order valence-electron chi connectivity index (χ3n) is 3.47. The second-order valence-corrected chi connectivity index (χ2v) is 5.41. The molecule has 0 saturated carbocycles. The van der Waals surface area contributed by atoms with E-state index in [9.17, 15) is 9.90 Å². The molecule has 1 aromatic carbocycles. The molecule has 0 aliphatic heterocycles. The van der Waals surface area contributed by atoms with Crippen molar-refractivity contribution in [2.24, 2.45) is 0 Å². The average molecular weight is 294 g/mol. The summed E-state index contributed by atoms with van der Waals surface area (Å²) >= 11 is 3.46. The molecule has 1 aliphatic carbocycles. The normalized spacial score (nSPS) is 19.2. The summed E-state index contributed by atoms with van der Waals surface area (Å²) in [5, 5.41) is 10.4. The van der Waals surface area contributed by atoms with Crippen molar-refractivity contribution < 1.29 is 9.90 Å². The predicted molar refractivity (Wildman–Crippen MR) is 69.3 cm³/mol. The van der Waals surface area contributed by atoms with Gasteiger partial charge >= 0.3 is 5.97 Å². The lowest BCUT2D eigenvalue weighted by atomic mass is 9.87. The molecule has 0 spiro atoms. The zero-order valence-corrected chi connectivity index (χ0v) is 10.8. The third kappa shape index (κ3) is 1.67. The van der Waals surface area contributed by atoms with Crippen LogP contribution in [0.5, 0.6) is 0 Å². The number of rotatable bonds is 1. The molecule has 3 rings (SSSR count). The molecule has 0 radical (unpaired) electrons. The van der Waals surface area contributed by atoms with Crippen LogP contribution in [0, 0.1) is 0 Å². The maximum Gasteiger partial charge on any atom is 0.312 e. The molecule has 1 atom stereocenters. The first-order valence-corrected chi connectivity index (χ1v) is 6.49. The Morgan fingerprint density at radius 2 is 2.29 bits per heavy atom. The van der Waals surface area contributed by atoms with Crippen LogP contribution in [-0.2, 0) is 11.2 Å². The zero-order chi connectivity index (χ0) is 12.0. The Bertz CT molecular complexity index is 603. The topological polar surface area (TPSA) is 53.1 Å². The molecule has 3 nitrogen and oxygen atoms in total. The first-order chi connectivity index (χ1) is 8.16. The monoisotopic (exact) mass is 293 g/mol. The van der Waals surface area contributed by atoms with E-state index in [4.69, 9.17) is 0 Å². The van der Waals surface area contributed by atoms with Gasteiger partial charge in [0.1, 0.15) is 0 Å². The van der Waals surface area contributed by atoms with Gasteiger partial charge < -0.3 is 10.1 Å². The summed E-state index contributed by atoms with van der Waals surface area (Å²) in [6.45, 7) is 0. The summed E-state index contributed by atoms with van der Waals surface area (Å²) in [7, 11) is 0. The van der Waals surface area contributed by atoms with Crippen LogP contribution in [0.25, 0.3) is 10.9 Å². The molecule has 0 unspecified atom stereocenters. The van der Waals surface area contributed by atoms with Gasteiger partial charge in [0.15, 0.2) is 0 Å². The molecular formula is C13H12BrNO2. The van der Waals surface area contributed by atoms with Gasteiger partial charge in [0.2, 0.25) is 0 Å². The Labute approximate surface area is 107 Å². The van der Waals surface area contributed by atoms with Gasteiger partial charge in [-0.1, -0.05) is 15.9 Å².